The second-order valence-corrected chi connectivity index (χ2v) is 6.78. The third-order valence-electron chi connectivity index (χ3n) is 3.97. The van der Waals surface area contributed by atoms with Crippen molar-refractivity contribution >= 4 is 5.91 Å². The van der Waals surface area contributed by atoms with Crippen LogP contribution in [0.1, 0.15) is 47.0 Å². The summed E-state index contributed by atoms with van der Waals surface area (Å²) in [6, 6.07) is 0.979. The van der Waals surface area contributed by atoms with Crippen molar-refractivity contribution < 1.29 is 4.79 Å². The Morgan fingerprint density at radius 3 is 2.12 bits per heavy atom. The van der Waals surface area contributed by atoms with Crippen molar-refractivity contribution in [1.29, 1.82) is 0 Å². The molecule has 0 N–H and O–H groups in total. The maximum atomic E-state index is 12.4. The van der Waals surface area contributed by atoms with E-state index in [2.05, 4.69) is 37.5 Å². The zero-order valence-corrected chi connectivity index (χ0v) is 11.7. The van der Waals surface area contributed by atoms with Crippen LogP contribution in [0.5, 0.6) is 0 Å². The molecule has 0 spiro atoms. The van der Waals surface area contributed by atoms with Crippen LogP contribution in [-0.2, 0) is 4.79 Å². The molecule has 2 saturated heterocycles. The fourth-order valence-corrected chi connectivity index (χ4v) is 3.20. The molecule has 1 amide bonds. The second kappa shape index (κ2) is 4.60. The van der Waals surface area contributed by atoms with Gasteiger partial charge in [-0.15, -0.1) is 0 Å². The lowest BCUT2D eigenvalue weighted by molar-refractivity contribution is -0.138. The number of likely N-dealkylation sites (tertiary alicyclic amines) is 1. The number of carbonyl (C=O) groups excluding carboxylic acids is 1. The number of nitrogens with zero attached hydrogens (tertiary/aromatic N) is 2. The molecule has 0 saturated carbocycles. The summed E-state index contributed by atoms with van der Waals surface area (Å²) in [5.41, 5.74) is 0.110. The number of hydrogen-bond donors (Lipinski definition) is 0. The van der Waals surface area contributed by atoms with E-state index in [0.29, 0.717) is 24.4 Å². The normalized spacial score (nSPS) is 29.8. The first-order valence-corrected chi connectivity index (χ1v) is 6.94. The van der Waals surface area contributed by atoms with Gasteiger partial charge in [0.1, 0.15) is 0 Å². The van der Waals surface area contributed by atoms with Crippen LogP contribution in [0.4, 0.5) is 0 Å². The minimum atomic E-state index is 0.110. The van der Waals surface area contributed by atoms with Gasteiger partial charge >= 0.3 is 0 Å². The molecule has 2 bridgehead atoms. The summed E-state index contributed by atoms with van der Waals surface area (Å²) in [5, 5.41) is 0. The zero-order valence-electron chi connectivity index (χ0n) is 11.7. The smallest absolute Gasteiger partial charge is 0.223 e. The lowest BCUT2D eigenvalue weighted by Crippen LogP contribution is -2.56. The van der Waals surface area contributed by atoms with Crippen LogP contribution < -0.4 is 0 Å². The van der Waals surface area contributed by atoms with E-state index in [9.17, 15) is 4.79 Å². The lowest BCUT2D eigenvalue weighted by Gasteiger charge is -2.41. The van der Waals surface area contributed by atoms with Gasteiger partial charge < -0.3 is 4.90 Å². The molecular weight excluding hydrogens is 212 g/mol. The highest BCUT2D eigenvalue weighted by Crippen LogP contribution is 2.32. The highest BCUT2D eigenvalue weighted by molar-refractivity contribution is 5.78. The molecule has 0 radical (unpaired) electrons. The van der Waals surface area contributed by atoms with Gasteiger partial charge in [0.25, 0.3) is 0 Å². The molecule has 3 nitrogen and oxygen atoms in total. The molecular formula is C14H26N2O. The number of fused-ring (bicyclic) bond motifs is 2. The highest BCUT2D eigenvalue weighted by atomic mass is 16.2. The first-order valence-electron chi connectivity index (χ1n) is 6.94. The van der Waals surface area contributed by atoms with Gasteiger partial charge in [0.15, 0.2) is 0 Å². The van der Waals surface area contributed by atoms with Crippen molar-refractivity contribution in [3.05, 3.63) is 0 Å². The van der Waals surface area contributed by atoms with E-state index in [1.807, 2.05) is 0 Å². The fraction of sp³-hybridized carbons (Fsp3) is 0.929. The zero-order chi connectivity index (χ0) is 12.6. The molecule has 2 heterocycles. The van der Waals surface area contributed by atoms with Crippen molar-refractivity contribution in [2.75, 3.05) is 19.6 Å². The molecule has 2 rings (SSSR count). The topological polar surface area (TPSA) is 23.6 Å². The van der Waals surface area contributed by atoms with Crippen LogP contribution in [0, 0.1) is 5.41 Å². The predicted molar refractivity (Wildman–Crippen MR) is 69.8 cm³/mol. The molecule has 2 atom stereocenters. The Bertz CT molecular complexity index is 281. The number of piperazine rings is 1. The molecule has 2 aliphatic heterocycles. The third-order valence-corrected chi connectivity index (χ3v) is 3.97. The highest BCUT2D eigenvalue weighted by Gasteiger charge is 2.42. The molecule has 0 aliphatic carbocycles. The van der Waals surface area contributed by atoms with Crippen molar-refractivity contribution in [2.24, 2.45) is 5.41 Å². The Hall–Kier alpha value is -0.570. The van der Waals surface area contributed by atoms with Crippen LogP contribution in [0.2, 0.25) is 0 Å². The Morgan fingerprint density at radius 1 is 1.18 bits per heavy atom. The van der Waals surface area contributed by atoms with Crippen LogP contribution >= 0.6 is 0 Å². The summed E-state index contributed by atoms with van der Waals surface area (Å²) in [6.07, 6.45) is 3.10. The third kappa shape index (κ3) is 2.82. The summed E-state index contributed by atoms with van der Waals surface area (Å²) < 4.78 is 0. The SMILES string of the molecule is CCN1CC2CCC(C1)N2C(=O)CC(C)(C)C. The van der Waals surface area contributed by atoms with E-state index < -0.39 is 0 Å². The summed E-state index contributed by atoms with van der Waals surface area (Å²) in [5.74, 6) is 0.376. The summed E-state index contributed by atoms with van der Waals surface area (Å²) in [4.78, 5) is 17.1. The summed E-state index contributed by atoms with van der Waals surface area (Å²) in [6.45, 7) is 11.9. The Labute approximate surface area is 105 Å². The van der Waals surface area contributed by atoms with Gasteiger partial charge in [-0.3, -0.25) is 9.69 Å². The van der Waals surface area contributed by atoms with Crippen molar-refractivity contribution in [3.8, 4) is 0 Å². The molecule has 0 aromatic carbocycles. The number of hydrogen-bond acceptors (Lipinski definition) is 2. The van der Waals surface area contributed by atoms with Gasteiger partial charge in [0.2, 0.25) is 5.91 Å². The molecule has 0 aromatic heterocycles. The number of likely N-dealkylation sites (N-methyl/N-ethyl adjacent to an activating group) is 1. The molecule has 3 heteroatoms. The van der Waals surface area contributed by atoms with Crippen LogP contribution in [0.15, 0.2) is 0 Å². The molecule has 2 fully saturated rings. The average Bonchev–Trinajstić information content (AvgIpc) is 2.47. The van der Waals surface area contributed by atoms with Crippen molar-refractivity contribution in [3.63, 3.8) is 0 Å². The largest absolute Gasteiger partial charge is 0.334 e. The number of rotatable bonds is 2. The number of carbonyl (C=O) groups is 1. The van der Waals surface area contributed by atoms with Gasteiger partial charge in [0.05, 0.1) is 0 Å². The quantitative estimate of drug-likeness (QED) is 0.735. The maximum Gasteiger partial charge on any atom is 0.223 e. The summed E-state index contributed by atoms with van der Waals surface area (Å²) >= 11 is 0. The minimum absolute atomic E-state index is 0.110. The summed E-state index contributed by atoms with van der Waals surface area (Å²) in [7, 11) is 0. The first kappa shape index (κ1) is 12.9. The molecule has 98 valence electrons. The molecule has 17 heavy (non-hydrogen) atoms. The van der Waals surface area contributed by atoms with Crippen LogP contribution in [-0.4, -0.2) is 47.4 Å². The average molecular weight is 238 g/mol. The predicted octanol–water partition coefficient (Wildman–Crippen LogP) is 2.12. The van der Waals surface area contributed by atoms with Crippen LogP contribution in [0.3, 0.4) is 0 Å². The van der Waals surface area contributed by atoms with E-state index >= 15 is 0 Å². The van der Waals surface area contributed by atoms with E-state index in [1.165, 1.54) is 12.8 Å². The van der Waals surface area contributed by atoms with Crippen LogP contribution in [0.25, 0.3) is 0 Å². The van der Waals surface area contributed by atoms with Crippen molar-refractivity contribution in [2.45, 2.75) is 59.0 Å². The minimum Gasteiger partial charge on any atom is -0.334 e. The Morgan fingerprint density at radius 2 is 1.71 bits per heavy atom. The molecule has 0 aromatic rings. The van der Waals surface area contributed by atoms with E-state index in [4.69, 9.17) is 0 Å². The van der Waals surface area contributed by atoms with E-state index in [0.717, 1.165) is 19.6 Å². The standard InChI is InChI=1S/C14H26N2O/c1-5-15-9-11-6-7-12(10-15)16(11)13(17)8-14(2,3)4/h11-12H,5-10H2,1-4H3. The maximum absolute atomic E-state index is 12.4. The monoisotopic (exact) mass is 238 g/mol. The second-order valence-electron chi connectivity index (χ2n) is 6.78. The van der Waals surface area contributed by atoms with Crippen molar-refractivity contribution in [1.82, 2.24) is 9.80 Å². The van der Waals surface area contributed by atoms with Gasteiger partial charge in [-0.25, -0.2) is 0 Å². The Kier molecular flexibility index (Phi) is 3.48. The molecule has 2 unspecified atom stereocenters. The van der Waals surface area contributed by atoms with Gasteiger partial charge in [-0.2, -0.15) is 0 Å². The lowest BCUT2D eigenvalue weighted by atomic mass is 9.91. The molecule has 2 aliphatic rings. The van der Waals surface area contributed by atoms with Gasteiger partial charge in [0, 0.05) is 31.6 Å². The number of amides is 1. The van der Waals surface area contributed by atoms with Gasteiger partial charge in [-0.1, -0.05) is 27.7 Å². The van der Waals surface area contributed by atoms with Gasteiger partial charge in [-0.05, 0) is 24.8 Å². The first-order chi connectivity index (χ1) is 7.90. The van der Waals surface area contributed by atoms with E-state index in [1.54, 1.807) is 0 Å². The van der Waals surface area contributed by atoms with E-state index in [-0.39, 0.29) is 5.41 Å². The Balaban J connectivity index is 2.01. The fourth-order valence-electron chi connectivity index (χ4n) is 3.20.